The van der Waals surface area contributed by atoms with E-state index < -0.39 is 0 Å². The number of aromatic nitrogens is 2. The number of fused-ring (bicyclic) bond motifs is 1. The molecule has 1 atom stereocenters. The molecular formula is C21H22N2O3S. The van der Waals surface area contributed by atoms with Crippen molar-refractivity contribution in [1.82, 2.24) is 9.55 Å². The Kier molecular flexibility index (Phi) is 5.29. The summed E-state index contributed by atoms with van der Waals surface area (Å²) < 4.78 is 12.6. The number of para-hydroxylation sites is 1. The summed E-state index contributed by atoms with van der Waals surface area (Å²) in [4.78, 5) is 18.1. The van der Waals surface area contributed by atoms with Gasteiger partial charge in [0.05, 0.1) is 29.3 Å². The van der Waals surface area contributed by atoms with Crippen molar-refractivity contribution in [1.29, 1.82) is 0 Å². The molecule has 0 saturated carbocycles. The van der Waals surface area contributed by atoms with Gasteiger partial charge in [-0.1, -0.05) is 36.0 Å². The molecule has 2 aromatic carbocycles. The van der Waals surface area contributed by atoms with Gasteiger partial charge >= 0.3 is 0 Å². The summed E-state index contributed by atoms with van der Waals surface area (Å²) in [6.07, 6.45) is 0.966. The van der Waals surface area contributed by atoms with Crippen LogP contribution in [0.3, 0.4) is 0 Å². The highest BCUT2D eigenvalue weighted by Gasteiger charge is 2.19. The molecule has 0 N–H and O–H groups in total. The highest BCUT2D eigenvalue weighted by Crippen LogP contribution is 2.25. The third-order valence-corrected chi connectivity index (χ3v) is 5.79. The number of hydrogen-bond acceptors (Lipinski definition) is 5. The standard InChI is InChI=1S/C21H22N2O3S/c1-14-7-8-15(2)19(11-14)23-20(24)17-5-3-4-6-18(17)22-21(23)27-12-16-9-10-25-13-26-16/h3-8,11,16H,9-10,12-13H2,1-2H3/t16-/m0/s1. The van der Waals surface area contributed by atoms with E-state index in [0.29, 0.717) is 23.9 Å². The molecule has 0 bridgehead atoms. The fraction of sp³-hybridized carbons (Fsp3) is 0.333. The van der Waals surface area contributed by atoms with Gasteiger partial charge in [0.25, 0.3) is 5.56 Å². The number of benzene rings is 2. The Hall–Kier alpha value is -2.15. The van der Waals surface area contributed by atoms with E-state index in [-0.39, 0.29) is 11.7 Å². The van der Waals surface area contributed by atoms with Crippen molar-refractivity contribution in [2.45, 2.75) is 31.5 Å². The quantitative estimate of drug-likeness (QED) is 0.507. The molecule has 4 rings (SSSR count). The first-order valence-corrected chi connectivity index (χ1v) is 10.0. The van der Waals surface area contributed by atoms with Crippen molar-refractivity contribution in [3.05, 3.63) is 63.9 Å². The molecule has 5 nitrogen and oxygen atoms in total. The SMILES string of the molecule is Cc1ccc(C)c(-n2c(SC[C@@H]3CCOCO3)nc3ccccc3c2=O)c1. The van der Waals surface area contributed by atoms with Crippen LogP contribution in [0, 0.1) is 13.8 Å². The van der Waals surface area contributed by atoms with E-state index in [2.05, 4.69) is 6.07 Å². The summed E-state index contributed by atoms with van der Waals surface area (Å²) in [6.45, 7) is 5.10. The third-order valence-electron chi connectivity index (χ3n) is 4.72. The predicted octanol–water partition coefficient (Wildman–Crippen LogP) is 3.86. The highest BCUT2D eigenvalue weighted by molar-refractivity contribution is 7.99. The summed E-state index contributed by atoms with van der Waals surface area (Å²) in [5.74, 6) is 0.735. The van der Waals surface area contributed by atoms with E-state index in [4.69, 9.17) is 14.5 Å². The minimum atomic E-state index is -0.0373. The number of ether oxygens (including phenoxy) is 2. The Morgan fingerprint density at radius 1 is 1.22 bits per heavy atom. The molecule has 2 heterocycles. The fourth-order valence-electron chi connectivity index (χ4n) is 3.18. The van der Waals surface area contributed by atoms with Crippen LogP contribution in [0.2, 0.25) is 0 Å². The van der Waals surface area contributed by atoms with Crippen LogP contribution in [0.15, 0.2) is 52.4 Å². The van der Waals surface area contributed by atoms with Crippen LogP contribution in [0.1, 0.15) is 17.5 Å². The molecule has 1 fully saturated rings. The van der Waals surface area contributed by atoms with E-state index in [1.54, 1.807) is 16.3 Å². The van der Waals surface area contributed by atoms with Crippen molar-refractivity contribution in [2.75, 3.05) is 19.2 Å². The van der Waals surface area contributed by atoms with Crippen molar-refractivity contribution >= 4 is 22.7 Å². The van der Waals surface area contributed by atoms with Gasteiger partial charge in [-0.3, -0.25) is 9.36 Å². The highest BCUT2D eigenvalue weighted by atomic mass is 32.2. The molecule has 0 unspecified atom stereocenters. The summed E-state index contributed by atoms with van der Waals surface area (Å²) >= 11 is 1.56. The van der Waals surface area contributed by atoms with Gasteiger partial charge in [0, 0.05) is 5.75 Å². The van der Waals surface area contributed by atoms with Crippen LogP contribution >= 0.6 is 11.8 Å². The predicted molar refractivity (Wildman–Crippen MR) is 108 cm³/mol. The monoisotopic (exact) mass is 382 g/mol. The average molecular weight is 382 g/mol. The van der Waals surface area contributed by atoms with Gasteiger partial charge in [0.1, 0.15) is 6.79 Å². The van der Waals surface area contributed by atoms with Crippen LogP contribution in [0.25, 0.3) is 16.6 Å². The number of rotatable bonds is 4. The van der Waals surface area contributed by atoms with Crippen LogP contribution in [0.4, 0.5) is 0 Å². The first-order valence-electron chi connectivity index (χ1n) is 9.05. The number of aryl methyl sites for hydroxylation is 2. The lowest BCUT2D eigenvalue weighted by Crippen LogP contribution is -2.27. The van der Waals surface area contributed by atoms with Gasteiger partial charge in [-0.05, 0) is 49.6 Å². The largest absolute Gasteiger partial charge is 0.355 e. The molecule has 1 aromatic heterocycles. The van der Waals surface area contributed by atoms with Gasteiger partial charge in [0.15, 0.2) is 5.16 Å². The van der Waals surface area contributed by atoms with Crippen LogP contribution in [-0.4, -0.2) is 34.8 Å². The Bertz CT molecular complexity index is 1030. The molecule has 3 aromatic rings. The first-order chi connectivity index (χ1) is 13.1. The normalized spacial score (nSPS) is 17.3. The smallest absolute Gasteiger partial charge is 0.266 e. The average Bonchev–Trinajstić information content (AvgIpc) is 2.69. The van der Waals surface area contributed by atoms with Crippen molar-refractivity contribution in [3.8, 4) is 5.69 Å². The van der Waals surface area contributed by atoms with Crippen molar-refractivity contribution in [2.24, 2.45) is 0 Å². The zero-order chi connectivity index (χ0) is 18.8. The Labute approximate surface area is 162 Å². The van der Waals surface area contributed by atoms with E-state index in [9.17, 15) is 4.79 Å². The summed E-state index contributed by atoms with van der Waals surface area (Å²) in [6, 6.07) is 13.7. The molecule has 0 spiro atoms. The minimum absolute atomic E-state index is 0.0373. The summed E-state index contributed by atoms with van der Waals surface area (Å²) in [5.41, 5.74) is 3.72. The third kappa shape index (κ3) is 3.78. The van der Waals surface area contributed by atoms with E-state index in [1.807, 2.05) is 50.2 Å². The number of thioether (sulfide) groups is 1. The zero-order valence-electron chi connectivity index (χ0n) is 15.5. The summed E-state index contributed by atoms with van der Waals surface area (Å²) in [7, 11) is 0. The molecule has 1 saturated heterocycles. The van der Waals surface area contributed by atoms with Crippen LogP contribution in [0.5, 0.6) is 0 Å². The maximum Gasteiger partial charge on any atom is 0.266 e. The Morgan fingerprint density at radius 3 is 2.89 bits per heavy atom. The fourth-order valence-corrected chi connectivity index (χ4v) is 4.25. The Balaban J connectivity index is 1.82. The molecule has 0 amide bonds. The molecule has 27 heavy (non-hydrogen) atoms. The van der Waals surface area contributed by atoms with Gasteiger partial charge in [-0.15, -0.1) is 0 Å². The summed E-state index contributed by atoms with van der Waals surface area (Å²) in [5, 5.41) is 1.33. The molecule has 1 aliphatic rings. The van der Waals surface area contributed by atoms with Gasteiger partial charge < -0.3 is 9.47 Å². The molecular weight excluding hydrogens is 360 g/mol. The van der Waals surface area contributed by atoms with Gasteiger partial charge in [-0.2, -0.15) is 0 Å². The second kappa shape index (κ2) is 7.84. The van der Waals surface area contributed by atoms with E-state index >= 15 is 0 Å². The molecule has 0 radical (unpaired) electrons. The second-order valence-corrected chi connectivity index (χ2v) is 7.74. The first kappa shape index (κ1) is 18.2. The minimum Gasteiger partial charge on any atom is -0.355 e. The van der Waals surface area contributed by atoms with Crippen LogP contribution in [-0.2, 0) is 9.47 Å². The lowest BCUT2D eigenvalue weighted by Gasteiger charge is -2.23. The van der Waals surface area contributed by atoms with Gasteiger partial charge in [0.2, 0.25) is 0 Å². The molecule has 0 aliphatic carbocycles. The topological polar surface area (TPSA) is 53.4 Å². The lowest BCUT2D eigenvalue weighted by molar-refractivity contribution is -0.130. The second-order valence-electron chi connectivity index (χ2n) is 6.76. The van der Waals surface area contributed by atoms with E-state index in [1.165, 1.54) is 0 Å². The molecule has 1 aliphatic heterocycles. The maximum absolute atomic E-state index is 13.3. The Morgan fingerprint density at radius 2 is 2.07 bits per heavy atom. The maximum atomic E-state index is 13.3. The van der Waals surface area contributed by atoms with E-state index in [0.717, 1.165) is 34.5 Å². The van der Waals surface area contributed by atoms with Crippen LogP contribution < -0.4 is 5.56 Å². The lowest BCUT2D eigenvalue weighted by atomic mass is 10.1. The van der Waals surface area contributed by atoms with Gasteiger partial charge in [-0.25, -0.2) is 4.98 Å². The number of hydrogen-bond donors (Lipinski definition) is 0. The molecule has 6 heteroatoms. The number of nitrogens with zero attached hydrogens (tertiary/aromatic N) is 2. The van der Waals surface area contributed by atoms with Crippen molar-refractivity contribution in [3.63, 3.8) is 0 Å². The van der Waals surface area contributed by atoms with Crippen molar-refractivity contribution < 1.29 is 9.47 Å². The molecule has 140 valence electrons. The zero-order valence-corrected chi connectivity index (χ0v) is 16.3.